The molecule has 0 radical (unpaired) electrons. The van der Waals surface area contributed by atoms with E-state index in [4.69, 9.17) is 10.5 Å². The standard InChI is InChI=1S/C16H15BrFNO/c17-13-8-12(16(19)6-7-16)9-14(18)15(13)20-10-11-4-2-1-3-5-11/h1-5,8-9H,6-7,10,19H2. The Morgan fingerprint density at radius 2 is 1.90 bits per heavy atom. The van der Waals surface area contributed by atoms with Gasteiger partial charge >= 0.3 is 0 Å². The summed E-state index contributed by atoms with van der Waals surface area (Å²) in [5.41, 5.74) is 7.57. The topological polar surface area (TPSA) is 35.2 Å². The third-order valence-electron chi connectivity index (χ3n) is 3.59. The van der Waals surface area contributed by atoms with Gasteiger partial charge in [-0.3, -0.25) is 0 Å². The molecule has 2 aromatic rings. The molecular weight excluding hydrogens is 321 g/mol. The smallest absolute Gasteiger partial charge is 0.169 e. The molecule has 0 amide bonds. The largest absolute Gasteiger partial charge is 0.485 e. The molecule has 0 aliphatic heterocycles. The molecule has 1 aliphatic carbocycles. The molecule has 2 N–H and O–H groups in total. The zero-order chi connectivity index (χ0) is 14.2. The van der Waals surface area contributed by atoms with Crippen LogP contribution in [-0.4, -0.2) is 0 Å². The molecule has 0 bridgehead atoms. The van der Waals surface area contributed by atoms with E-state index in [1.165, 1.54) is 6.07 Å². The van der Waals surface area contributed by atoms with Crippen molar-refractivity contribution in [2.75, 3.05) is 0 Å². The Morgan fingerprint density at radius 1 is 1.20 bits per heavy atom. The first-order chi connectivity index (χ1) is 9.58. The molecule has 20 heavy (non-hydrogen) atoms. The van der Waals surface area contributed by atoms with Crippen molar-refractivity contribution in [2.24, 2.45) is 5.73 Å². The van der Waals surface area contributed by atoms with Crippen LogP contribution in [0.4, 0.5) is 4.39 Å². The fourth-order valence-corrected chi connectivity index (χ4v) is 2.69. The van der Waals surface area contributed by atoms with Gasteiger partial charge in [0.05, 0.1) is 4.47 Å². The van der Waals surface area contributed by atoms with Crippen LogP contribution in [0.2, 0.25) is 0 Å². The first kappa shape index (κ1) is 13.6. The number of hydrogen-bond acceptors (Lipinski definition) is 2. The number of halogens is 2. The molecule has 0 atom stereocenters. The molecule has 104 valence electrons. The molecule has 0 unspecified atom stereocenters. The maximum Gasteiger partial charge on any atom is 0.169 e. The van der Waals surface area contributed by atoms with Gasteiger partial charge in [0.1, 0.15) is 6.61 Å². The zero-order valence-electron chi connectivity index (χ0n) is 10.9. The van der Waals surface area contributed by atoms with E-state index >= 15 is 0 Å². The van der Waals surface area contributed by atoms with E-state index in [2.05, 4.69) is 15.9 Å². The molecule has 1 aliphatic rings. The Balaban J connectivity index is 1.80. The van der Waals surface area contributed by atoms with Gasteiger partial charge in [-0.2, -0.15) is 0 Å². The van der Waals surface area contributed by atoms with Gasteiger partial charge in [-0.05, 0) is 52.0 Å². The summed E-state index contributed by atoms with van der Waals surface area (Å²) in [5.74, 6) is -0.135. The molecule has 0 aromatic heterocycles. The molecule has 0 saturated heterocycles. The van der Waals surface area contributed by atoms with Crippen LogP contribution in [-0.2, 0) is 12.1 Å². The second-order valence-electron chi connectivity index (χ2n) is 5.20. The third-order valence-corrected chi connectivity index (χ3v) is 4.18. The van der Waals surface area contributed by atoms with Crippen LogP contribution < -0.4 is 10.5 Å². The number of benzene rings is 2. The summed E-state index contributed by atoms with van der Waals surface area (Å²) in [6, 6.07) is 13.0. The minimum atomic E-state index is -0.373. The van der Waals surface area contributed by atoms with Gasteiger partial charge in [-0.1, -0.05) is 30.3 Å². The van der Waals surface area contributed by atoms with Crippen molar-refractivity contribution in [1.82, 2.24) is 0 Å². The molecule has 4 heteroatoms. The lowest BCUT2D eigenvalue weighted by Gasteiger charge is -2.14. The normalized spacial score (nSPS) is 15.9. The van der Waals surface area contributed by atoms with E-state index < -0.39 is 0 Å². The molecule has 1 saturated carbocycles. The first-order valence-electron chi connectivity index (χ1n) is 6.54. The van der Waals surface area contributed by atoms with Crippen molar-refractivity contribution >= 4 is 15.9 Å². The maximum absolute atomic E-state index is 14.2. The van der Waals surface area contributed by atoms with Gasteiger partial charge in [0, 0.05) is 5.54 Å². The van der Waals surface area contributed by atoms with Crippen molar-refractivity contribution in [3.05, 3.63) is 63.9 Å². The van der Waals surface area contributed by atoms with Crippen molar-refractivity contribution in [1.29, 1.82) is 0 Å². The lowest BCUT2D eigenvalue weighted by molar-refractivity contribution is 0.288. The molecule has 1 fully saturated rings. The summed E-state index contributed by atoms with van der Waals surface area (Å²) in [7, 11) is 0. The summed E-state index contributed by atoms with van der Waals surface area (Å²) in [6.45, 7) is 0.337. The van der Waals surface area contributed by atoms with Crippen LogP contribution in [0.3, 0.4) is 0 Å². The summed E-state index contributed by atoms with van der Waals surface area (Å²) in [4.78, 5) is 0. The monoisotopic (exact) mass is 335 g/mol. The van der Waals surface area contributed by atoms with E-state index in [1.807, 2.05) is 36.4 Å². The maximum atomic E-state index is 14.2. The van der Waals surface area contributed by atoms with E-state index in [0.717, 1.165) is 24.0 Å². The van der Waals surface area contributed by atoms with Gasteiger partial charge in [0.2, 0.25) is 0 Å². The Labute approximate surface area is 125 Å². The minimum Gasteiger partial charge on any atom is -0.485 e. The molecule has 2 nitrogen and oxygen atoms in total. The highest BCUT2D eigenvalue weighted by molar-refractivity contribution is 9.10. The Bertz CT molecular complexity index is 603. The fraction of sp³-hybridized carbons (Fsp3) is 0.250. The van der Waals surface area contributed by atoms with Crippen molar-refractivity contribution in [3.63, 3.8) is 0 Å². The average molecular weight is 336 g/mol. The Kier molecular flexibility index (Phi) is 3.52. The number of hydrogen-bond donors (Lipinski definition) is 1. The summed E-state index contributed by atoms with van der Waals surface area (Å²) in [5, 5.41) is 0. The summed E-state index contributed by atoms with van der Waals surface area (Å²) >= 11 is 3.37. The average Bonchev–Trinajstić information content (AvgIpc) is 3.18. The number of rotatable bonds is 4. The summed E-state index contributed by atoms with van der Waals surface area (Å²) < 4.78 is 20.4. The quantitative estimate of drug-likeness (QED) is 0.912. The number of nitrogens with two attached hydrogens (primary N) is 1. The van der Waals surface area contributed by atoms with E-state index in [0.29, 0.717) is 11.1 Å². The first-order valence-corrected chi connectivity index (χ1v) is 7.33. The molecule has 2 aromatic carbocycles. The zero-order valence-corrected chi connectivity index (χ0v) is 12.5. The van der Waals surface area contributed by atoms with E-state index in [9.17, 15) is 4.39 Å². The Hall–Kier alpha value is -1.39. The fourth-order valence-electron chi connectivity index (χ4n) is 2.14. The Morgan fingerprint density at radius 3 is 2.50 bits per heavy atom. The third kappa shape index (κ3) is 2.72. The van der Waals surface area contributed by atoms with Crippen LogP contribution >= 0.6 is 15.9 Å². The lowest BCUT2D eigenvalue weighted by atomic mass is 10.1. The van der Waals surface area contributed by atoms with E-state index in [-0.39, 0.29) is 17.1 Å². The van der Waals surface area contributed by atoms with Gasteiger partial charge in [-0.25, -0.2) is 4.39 Å². The van der Waals surface area contributed by atoms with Gasteiger partial charge in [0.15, 0.2) is 11.6 Å². The van der Waals surface area contributed by atoms with Gasteiger partial charge in [-0.15, -0.1) is 0 Å². The second-order valence-corrected chi connectivity index (χ2v) is 6.05. The lowest BCUT2D eigenvalue weighted by Crippen LogP contribution is -2.19. The predicted octanol–water partition coefficient (Wildman–Crippen LogP) is 4.12. The SMILES string of the molecule is NC1(c2cc(F)c(OCc3ccccc3)c(Br)c2)CC1. The van der Waals surface area contributed by atoms with Crippen LogP contribution in [0, 0.1) is 5.82 Å². The molecule has 0 heterocycles. The van der Waals surface area contributed by atoms with Crippen molar-refractivity contribution in [2.45, 2.75) is 25.0 Å². The van der Waals surface area contributed by atoms with Gasteiger partial charge in [0.25, 0.3) is 0 Å². The second kappa shape index (κ2) is 5.19. The minimum absolute atomic E-state index is 0.238. The number of ether oxygens (including phenoxy) is 1. The van der Waals surface area contributed by atoms with Crippen molar-refractivity contribution in [3.8, 4) is 5.75 Å². The highest BCUT2D eigenvalue weighted by Crippen LogP contribution is 2.45. The van der Waals surface area contributed by atoms with Crippen LogP contribution in [0.15, 0.2) is 46.9 Å². The summed E-state index contributed by atoms with van der Waals surface area (Å²) in [6.07, 6.45) is 1.81. The highest BCUT2D eigenvalue weighted by Gasteiger charge is 2.40. The molecule has 0 spiro atoms. The van der Waals surface area contributed by atoms with Gasteiger partial charge < -0.3 is 10.5 Å². The molecular formula is C16H15BrFNO. The van der Waals surface area contributed by atoms with Crippen molar-refractivity contribution < 1.29 is 9.13 Å². The van der Waals surface area contributed by atoms with Crippen LogP contribution in [0.25, 0.3) is 0 Å². The highest BCUT2D eigenvalue weighted by atomic mass is 79.9. The molecule has 3 rings (SSSR count). The van der Waals surface area contributed by atoms with Crippen LogP contribution in [0.1, 0.15) is 24.0 Å². The van der Waals surface area contributed by atoms with Crippen LogP contribution in [0.5, 0.6) is 5.75 Å². The van der Waals surface area contributed by atoms with E-state index in [1.54, 1.807) is 0 Å². The predicted molar refractivity (Wildman–Crippen MR) is 80.0 cm³/mol.